The van der Waals surface area contributed by atoms with Crippen molar-refractivity contribution in [1.82, 2.24) is 14.9 Å². The van der Waals surface area contributed by atoms with Crippen molar-refractivity contribution in [2.75, 3.05) is 32.1 Å². The number of thiophene rings is 1. The molecule has 21 heavy (non-hydrogen) atoms. The average molecular weight is 308 g/mol. The summed E-state index contributed by atoms with van der Waals surface area (Å²) in [6, 6.07) is 2.51. The third-order valence-corrected chi connectivity index (χ3v) is 4.18. The molecule has 0 aliphatic carbocycles. The first-order valence-corrected chi connectivity index (χ1v) is 8.24. The topological polar surface area (TPSA) is 50.3 Å². The fraction of sp³-hybridized carbons (Fsp3) is 0.600. The van der Waals surface area contributed by atoms with Crippen LogP contribution >= 0.6 is 11.3 Å². The molecular formula is C15H24N4OS. The minimum Gasteiger partial charge on any atom is -0.383 e. The van der Waals surface area contributed by atoms with Gasteiger partial charge >= 0.3 is 0 Å². The van der Waals surface area contributed by atoms with Gasteiger partial charge in [0.25, 0.3) is 0 Å². The maximum absolute atomic E-state index is 5.19. The monoisotopic (exact) mass is 308 g/mol. The summed E-state index contributed by atoms with van der Waals surface area (Å²) in [5.74, 6) is 1.81. The van der Waals surface area contributed by atoms with E-state index in [0.717, 1.165) is 48.1 Å². The van der Waals surface area contributed by atoms with Crippen LogP contribution in [0.4, 0.5) is 5.82 Å². The van der Waals surface area contributed by atoms with E-state index in [1.807, 2.05) is 0 Å². The summed E-state index contributed by atoms with van der Waals surface area (Å²) in [5.41, 5.74) is 0. The first-order valence-electron chi connectivity index (χ1n) is 7.36. The number of methoxy groups -OCH3 is 1. The van der Waals surface area contributed by atoms with Crippen molar-refractivity contribution in [3.63, 3.8) is 0 Å². The first kappa shape index (κ1) is 16.1. The van der Waals surface area contributed by atoms with Crippen molar-refractivity contribution in [2.24, 2.45) is 0 Å². The predicted octanol–water partition coefficient (Wildman–Crippen LogP) is 2.98. The van der Waals surface area contributed by atoms with Gasteiger partial charge in [-0.1, -0.05) is 0 Å². The predicted molar refractivity (Wildman–Crippen MR) is 89.0 cm³/mol. The zero-order chi connectivity index (χ0) is 15.2. The number of hydrogen-bond donors (Lipinski definition) is 1. The molecule has 0 aliphatic rings. The van der Waals surface area contributed by atoms with Gasteiger partial charge in [-0.3, -0.25) is 4.90 Å². The number of fused-ring (bicyclic) bond motifs is 1. The van der Waals surface area contributed by atoms with Crippen LogP contribution in [-0.4, -0.2) is 47.7 Å². The van der Waals surface area contributed by atoms with Crippen LogP contribution in [0.2, 0.25) is 0 Å². The molecule has 2 aromatic rings. The molecular weight excluding hydrogens is 284 g/mol. The summed E-state index contributed by atoms with van der Waals surface area (Å²) in [6.07, 6.45) is 0. The SMILES string of the molecule is CCNc1nc(CN(CCOC)C(C)C)nc2sccc12. The van der Waals surface area contributed by atoms with Gasteiger partial charge < -0.3 is 10.1 Å². The Labute approximate surface area is 130 Å². The third-order valence-electron chi connectivity index (χ3n) is 3.37. The van der Waals surface area contributed by atoms with Crippen LogP contribution in [0, 0.1) is 0 Å². The first-order chi connectivity index (χ1) is 10.2. The molecule has 2 heterocycles. The number of nitrogens with one attached hydrogen (secondary N) is 1. The molecule has 0 aromatic carbocycles. The van der Waals surface area contributed by atoms with E-state index < -0.39 is 0 Å². The van der Waals surface area contributed by atoms with Crippen LogP contribution in [0.1, 0.15) is 26.6 Å². The Balaban J connectivity index is 2.23. The summed E-state index contributed by atoms with van der Waals surface area (Å²) in [5, 5.41) is 6.51. The van der Waals surface area contributed by atoms with Crippen LogP contribution in [0.5, 0.6) is 0 Å². The number of nitrogens with zero attached hydrogens (tertiary/aromatic N) is 3. The highest BCUT2D eigenvalue weighted by molar-refractivity contribution is 7.16. The van der Waals surface area contributed by atoms with Crippen molar-refractivity contribution in [1.29, 1.82) is 0 Å². The number of aromatic nitrogens is 2. The second-order valence-electron chi connectivity index (χ2n) is 5.22. The van der Waals surface area contributed by atoms with E-state index in [4.69, 9.17) is 14.7 Å². The Bertz CT molecular complexity index is 570. The molecule has 6 heteroatoms. The Morgan fingerprint density at radius 3 is 2.86 bits per heavy atom. The smallest absolute Gasteiger partial charge is 0.146 e. The maximum atomic E-state index is 5.19. The summed E-state index contributed by atoms with van der Waals surface area (Å²) in [7, 11) is 1.73. The number of hydrogen-bond acceptors (Lipinski definition) is 6. The Morgan fingerprint density at radius 1 is 1.38 bits per heavy atom. The lowest BCUT2D eigenvalue weighted by atomic mass is 10.3. The van der Waals surface area contributed by atoms with Gasteiger partial charge in [0.05, 0.1) is 18.5 Å². The fourth-order valence-electron chi connectivity index (χ4n) is 2.18. The lowest BCUT2D eigenvalue weighted by Crippen LogP contribution is -2.34. The van der Waals surface area contributed by atoms with Crippen LogP contribution in [0.25, 0.3) is 10.2 Å². The van der Waals surface area contributed by atoms with Crippen LogP contribution < -0.4 is 5.32 Å². The van der Waals surface area contributed by atoms with Gasteiger partial charge in [0.1, 0.15) is 16.5 Å². The van der Waals surface area contributed by atoms with Gasteiger partial charge in [-0.25, -0.2) is 9.97 Å². The molecule has 0 fully saturated rings. The minimum atomic E-state index is 0.436. The van der Waals surface area contributed by atoms with E-state index in [1.54, 1.807) is 18.4 Å². The molecule has 2 rings (SSSR count). The molecule has 0 atom stereocenters. The van der Waals surface area contributed by atoms with Gasteiger partial charge in [-0.05, 0) is 32.2 Å². The average Bonchev–Trinajstić information content (AvgIpc) is 2.92. The quantitative estimate of drug-likeness (QED) is 0.812. The van der Waals surface area contributed by atoms with Gasteiger partial charge in [-0.15, -0.1) is 11.3 Å². The summed E-state index contributed by atoms with van der Waals surface area (Å²) in [6.45, 7) is 9.66. The van der Waals surface area contributed by atoms with E-state index in [-0.39, 0.29) is 0 Å². The molecule has 1 N–H and O–H groups in total. The van der Waals surface area contributed by atoms with Crippen LogP contribution in [0.15, 0.2) is 11.4 Å². The lowest BCUT2D eigenvalue weighted by molar-refractivity contribution is 0.123. The number of ether oxygens (including phenoxy) is 1. The van der Waals surface area contributed by atoms with E-state index in [1.165, 1.54) is 0 Å². The minimum absolute atomic E-state index is 0.436. The van der Waals surface area contributed by atoms with Gasteiger partial charge in [0.2, 0.25) is 0 Å². The normalized spacial score (nSPS) is 11.7. The fourth-order valence-corrected chi connectivity index (χ4v) is 2.97. The molecule has 0 radical (unpaired) electrons. The summed E-state index contributed by atoms with van der Waals surface area (Å²) in [4.78, 5) is 12.8. The second-order valence-corrected chi connectivity index (χ2v) is 6.11. The van der Waals surface area contributed by atoms with E-state index in [9.17, 15) is 0 Å². The zero-order valence-corrected chi connectivity index (χ0v) is 14.0. The highest BCUT2D eigenvalue weighted by atomic mass is 32.1. The summed E-state index contributed by atoms with van der Waals surface area (Å²) >= 11 is 1.66. The van der Waals surface area contributed by atoms with Crippen molar-refractivity contribution in [2.45, 2.75) is 33.4 Å². The number of rotatable bonds is 8. The molecule has 5 nitrogen and oxygen atoms in total. The largest absolute Gasteiger partial charge is 0.383 e. The highest BCUT2D eigenvalue weighted by Gasteiger charge is 2.14. The standard InChI is InChI=1S/C15H24N4OS/c1-5-16-14-12-6-9-21-15(12)18-13(17-14)10-19(11(2)3)7-8-20-4/h6,9,11H,5,7-8,10H2,1-4H3,(H,16,17,18). The molecule has 0 bridgehead atoms. The second kappa shape index (κ2) is 7.68. The van der Waals surface area contributed by atoms with Crippen LogP contribution in [0.3, 0.4) is 0 Å². The van der Waals surface area contributed by atoms with Crippen molar-refractivity contribution in [3.8, 4) is 0 Å². The van der Waals surface area contributed by atoms with Crippen molar-refractivity contribution >= 4 is 27.4 Å². The zero-order valence-electron chi connectivity index (χ0n) is 13.2. The van der Waals surface area contributed by atoms with Crippen LogP contribution in [-0.2, 0) is 11.3 Å². The Kier molecular flexibility index (Phi) is 5.90. The van der Waals surface area contributed by atoms with Gasteiger partial charge in [0.15, 0.2) is 0 Å². The number of anilines is 1. The van der Waals surface area contributed by atoms with Crippen molar-refractivity contribution < 1.29 is 4.74 Å². The van der Waals surface area contributed by atoms with E-state index in [0.29, 0.717) is 6.04 Å². The molecule has 0 saturated heterocycles. The molecule has 2 aromatic heterocycles. The molecule has 0 saturated carbocycles. The Hall–Kier alpha value is -1.24. The summed E-state index contributed by atoms with van der Waals surface area (Å²) < 4.78 is 5.19. The Morgan fingerprint density at radius 2 is 2.19 bits per heavy atom. The molecule has 0 aliphatic heterocycles. The lowest BCUT2D eigenvalue weighted by Gasteiger charge is -2.25. The van der Waals surface area contributed by atoms with Gasteiger partial charge in [0, 0.05) is 26.2 Å². The van der Waals surface area contributed by atoms with E-state index in [2.05, 4.69) is 42.4 Å². The third kappa shape index (κ3) is 4.12. The highest BCUT2D eigenvalue weighted by Crippen LogP contribution is 2.25. The van der Waals surface area contributed by atoms with Crippen molar-refractivity contribution in [3.05, 3.63) is 17.3 Å². The molecule has 0 spiro atoms. The molecule has 0 unspecified atom stereocenters. The van der Waals surface area contributed by atoms with E-state index >= 15 is 0 Å². The molecule has 0 amide bonds. The van der Waals surface area contributed by atoms with Gasteiger partial charge in [-0.2, -0.15) is 0 Å². The maximum Gasteiger partial charge on any atom is 0.146 e. The molecule has 116 valence electrons.